The number of amides is 1. The number of anilines is 2. The molecule has 0 fully saturated rings. The SMILES string of the molecule is CCOC(=O)Nc1ccc(NCc2cnccn2)cc1. The van der Waals surface area contributed by atoms with Gasteiger partial charge >= 0.3 is 6.09 Å². The zero-order chi connectivity index (χ0) is 14.2. The van der Waals surface area contributed by atoms with E-state index in [9.17, 15) is 4.79 Å². The van der Waals surface area contributed by atoms with Gasteiger partial charge in [-0.05, 0) is 31.2 Å². The molecule has 1 amide bonds. The molecule has 1 heterocycles. The Hall–Kier alpha value is -2.63. The monoisotopic (exact) mass is 272 g/mol. The molecule has 6 nitrogen and oxygen atoms in total. The smallest absolute Gasteiger partial charge is 0.411 e. The van der Waals surface area contributed by atoms with Crippen molar-refractivity contribution in [1.29, 1.82) is 0 Å². The van der Waals surface area contributed by atoms with E-state index in [2.05, 4.69) is 20.6 Å². The average Bonchev–Trinajstić information content (AvgIpc) is 2.48. The van der Waals surface area contributed by atoms with Crippen LogP contribution in [0.15, 0.2) is 42.9 Å². The molecule has 20 heavy (non-hydrogen) atoms. The first-order chi connectivity index (χ1) is 9.78. The van der Waals surface area contributed by atoms with Crippen LogP contribution < -0.4 is 10.6 Å². The minimum Gasteiger partial charge on any atom is -0.450 e. The van der Waals surface area contributed by atoms with Crippen LogP contribution in [0.1, 0.15) is 12.6 Å². The second-order valence-corrected chi connectivity index (χ2v) is 3.97. The van der Waals surface area contributed by atoms with E-state index in [1.165, 1.54) is 0 Å². The molecule has 6 heteroatoms. The first-order valence-electron chi connectivity index (χ1n) is 6.30. The Kier molecular flexibility index (Phi) is 4.88. The Bertz CT molecular complexity index is 543. The molecule has 0 aliphatic rings. The maximum Gasteiger partial charge on any atom is 0.411 e. The molecular formula is C14H16N4O2. The second-order valence-electron chi connectivity index (χ2n) is 3.97. The van der Waals surface area contributed by atoms with Gasteiger partial charge in [0.1, 0.15) is 0 Å². The van der Waals surface area contributed by atoms with E-state index in [-0.39, 0.29) is 0 Å². The molecule has 2 aromatic rings. The van der Waals surface area contributed by atoms with Crippen LogP contribution in [-0.2, 0) is 11.3 Å². The number of benzene rings is 1. The summed E-state index contributed by atoms with van der Waals surface area (Å²) in [6.07, 6.45) is 4.56. The Morgan fingerprint density at radius 1 is 1.20 bits per heavy atom. The Labute approximate surface area is 117 Å². The lowest BCUT2D eigenvalue weighted by Crippen LogP contribution is -2.13. The largest absolute Gasteiger partial charge is 0.450 e. The van der Waals surface area contributed by atoms with E-state index in [4.69, 9.17) is 4.74 Å². The predicted octanol–water partition coefficient (Wildman–Crippen LogP) is 2.66. The lowest BCUT2D eigenvalue weighted by molar-refractivity contribution is 0.168. The van der Waals surface area contributed by atoms with Gasteiger partial charge in [-0.1, -0.05) is 0 Å². The highest BCUT2D eigenvalue weighted by molar-refractivity contribution is 5.84. The van der Waals surface area contributed by atoms with Gasteiger partial charge in [0.05, 0.1) is 25.0 Å². The van der Waals surface area contributed by atoms with Crippen molar-refractivity contribution in [1.82, 2.24) is 9.97 Å². The number of rotatable bonds is 5. The Morgan fingerprint density at radius 2 is 1.95 bits per heavy atom. The highest BCUT2D eigenvalue weighted by Crippen LogP contribution is 2.14. The molecule has 0 radical (unpaired) electrons. The molecule has 0 aliphatic carbocycles. The van der Waals surface area contributed by atoms with Crippen LogP contribution >= 0.6 is 0 Å². The molecule has 104 valence electrons. The number of nitrogens with zero attached hydrogens (tertiary/aromatic N) is 2. The number of hydrogen-bond acceptors (Lipinski definition) is 5. The molecule has 1 aromatic carbocycles. The second kappa shape index (κ2) is 7.08. The minimum absolute atomic E-state index is 0.351. The lowest BCUT2D eigenvalue weighted by atomic mass is 10.2. The third-order valence-corrected chi connectivity index (χ3v) is 2.50. The van der Waals surface area contributed by atoms with Crippen LogP contribution in [0.3, 0.4) is 0 Å². The summed E-state index contributed by atoms with van der Waals surface area (Å²) >= 11 is 0. The van der Waals surface area contributed by atoms with Crippen LogP contribution in [0.5, 0.6) is 0 Å². The summed E-state index contributed by atoms with van der Waals surface area (Å²) in [6, 6.07) is 7.35. The van der Waals surface area contributed by atoms with Gasteiger partial charge in [0, 0.05) is 23.8 Å². The third kappa shape index (κ3) is 4.24. The molecule has 0 saturated heterocycles. The summed E-state index contributed by atoms with van der Waals surface area (Å²) in [5.41, 5.74) is 2.49. The summed E-state index contributed by atoms with van der Waals surface area (Å²) in [6.45, 7) is 2.71. The van der Waals surface area contributed by atoms with E-state index >= 15 is 0 Å². The summed E-state index contributed by atoms with van der Waals surface area (Å²) in [4.78, 5) is 19.4. The molecule has 0 unspecified atom stereocenters. The van der Waals surface area contributed by atoms with Gasteiger partial charge < -0.3 is 10.1 Å². The molecule has 0 atom stereocenters. The molecule has 2 rings (SSSR count). The van der Waals surface area contributed by atoms with Gasteiger partial charge in [-0.3, -0.25) is 15.3 Å². The van der Waals surface area contributed by atoms with Crippen molar-refractivity contribution in [2.45, 2.75) is 13.5 Å². The van der Waals surface area contributed by atoms with E-state index in [1.807, 2.05) is 12.1 Å². The third-order valence-electron chi connectivity index (χ3n) is 2.50. The molecule has 0 saturated carbocycles. The first kappa shape index (κ1) is 13.8. The van der Waals surface area contributed by atoms with E-state index in [0.29, 0.717) is 18.8 Å². The van der Waals surface area contributed by atoms with Gasteiger partial charge in [0.2, 0.25) is 0 Å². The molecule has 0 spiro atoms. The van der Waals surface area contributed by atoms with Gasteiger partial charge in [0.25, 0.3) is 0 Å². The highest BCUT2D eigenvalue weighted by atomic mass is 16.5. The summed E-state index contributed by atoms with van der Waals surface area (Å²) < 4.78 is 4.80. The Balaban J connectivity index is 1.87. The van der Waals surface area contributed by atoms with Crippen LogP contribution in [0.2, 0.25) is 0 Å². The van der Waals surface area contributed by atoms with Crippen molar-refractivity contribution < 1.29 is 9.53 Å². The fourth-order valence-corrected chi connectivity index (χ4v) is 1.57. The van der Waals surface area contributed by atoms with E-state index in [1.54, 1.807) is 37.6 Å². The van der Waals surface area contributed by atoms with Crippen LogP contribution in [0.25, 0.3) is 0 Å². The maximum atomic E-state index is 11.2. The van der Waals surface area contributed by atoms with Crippen molar-refractivity contribution in [3.05, 3.63) is 48.5 Å². The zero-order valence-electron chi connectivity index (χ0n) is 11.2. The van der Waals surface area contributed by atoms with Gasteiger partial charge in [-0.25, -0.2) is 4.79 Å². The fraction of sp³-hybridized carbons (Fsp3) is 0.214. The Morgan fingerprint density at radius 3 is 2.60 bits per heavy atom. The number of nitrogens with one attached hydrogen (secondary N) is 2. The molecule has 2 N–H and O–H groups in total. The van der Waals surface area contributed by atoms with Crippen molar-refractivity contribution in [2.24, 2.45) is 0 Å². The van der Waals surface area contributed by atoms with Crippen molar-refractivity contribution in [3.8, 4) is 0 Å². The highest BCUT2D eigenvalue weighted by Gasteiger charge is 2.01. The molecule has 1 aromatic heterocycles. The van der Waals surface area contributed by atoms with E-state index in [0.717, 1.165) is 11.4 Å². The number of ether oxygens (including phenoxy) is 1. The first-order valence-corrected chi connectivity index (χ1v) is 6.30. The molecule has 0 bridgehead atoms. The normalized spacial score (nSPS) is 9.85. The van der Waals surface area contributed by atoms with E-state index < -0.39 is 6.09 Å². The molecule has 0 aliphatic heterocycles. The minimum atomic E-state index is -0.451. The van der Waals surface area contributed by atoms with Crippen LogP contribution in [-0.4, -0.2) is 22.7 Å². The molecular weight excluding hydrogens is 256 g/mol. The maximum absolute atomic E-state index is 11.2. The van der Waals surface area contributed by atoms with Gasteiger partial charge in [0.15, 0.2) is 0 Å². The number of hydrogen-bond donors (Lipinski definition) is 2. The summed E-state index contributed by atoms with van der Waals surface area (Å²) in [5.74, 6) is 0. The standard InChI is InChI=1S/C14H16N4O2/c1-2-20-14(19)18-12-5-3-11(4-6-12)17-10-13-9-15-7-8-16-13/h3-9,17H,2,10H2,1H3,(H,18,19). The number of carbonyl (C=O) groups excluding carboxylic acids is 1. The van der Waals surface area contributed by atoms with Crippen LogP contribution in [0.4, 0.5) is 16.2 Å². The lowest BCUT2D eigenvalue weighted by Gasteiger charge is -2.08. The predicted molar refractivity (Wildman–Crippen MR) is 76.4 cm³/mol. The summed E-state index contributed by atoms with van der Waals surface area (Å²) in [5, 5.41) is 5.85. The van der Waals surface area contributed by atoms with Gasteiger partial charge in [-0.2, -0.15) is 0 Å². The number of aromatic nitrogens is 2. The summed E-state index contributed by atoms with van der Waals surface area (Å²) in [7, 11) is 0. The van der Waals surface area contributed by atoms with Crippen molar-refractivity contribution in [3.63, 3.8) is 0 Å². The van der Waals surface area contributed by atoms with Gasteiger partial charge in [-0.15, -0.1) is 0 Å². The topological polar surface area (TPSA) is 76.1 Å². The van der Waals surface area contributed by atoms with Crippen LogP contribution in [0, 0.1) is 0 Å². The van der Waals surface area contributed by atoms with Crippen molar-refractivity contribution >= 4 is 17.5 Å². The number of carbonyl (C=O) groups is 1. The van der Waals surface area contributed by atoms with Crippen molar-refractivity contribution in [2.75, 3.05) is 17.2 Å². The zero-order valence-corrected chi connectivity index (χ0v) is 11.2. The fourth-order valence-electron chi connectivity index (χ4n) is 1.57. The average molecular weight is 272 g/mol. The quantitative estimate of drug-likeness (QED) is 0.875.